The molecule has 7 nitrogen and oxygen atoms in total. The zero-order valence-electron chi connectivity index (χ0n) is 44.1. The minimum atomic E-state index is -0.0756. The second-order valence-corrected chi connectivity index (χ2v) is 21.5. The standard InChI is InChI=1S/C60H103NO6/c1-5-9-11-13-15-17-19-21-23-25-27-29-31-33-35-38-55(62)65-45-41-58-48-54-49-59(51-58,53-60(50-54,52-58)43-47-67-57(64)40-37-44-61(7-3)8-4)42-46-66-56(63)39-36-34-32-30-28-26-24-22-20-18-16-14-12-10-6-2/h15-18,21-24,54H,5-14,19-20,25-53H2,1-4H3/b17-15-,18-16-,23-21-,24-22-. The van der Waals surface area contributed by atoms with Crippen molar-refractivity contribution < 1.29 is 28.6 Å². The van der Waals surface area contributed by atoms with E-state index in [1.165, 1.54) is 109 Å². The molecule has 0 aromatic heterocycles. The maximum Gasteiger partial charge on any atom is 0.305 e. The van der Waals surface area contributed by atoms with Crippen molar-refractivity contribution in [2.24, 2.45) is 22.2 Å². The zero-order valence-corrected chi connectivity index (χ0v) is 44.1. The average molecular weight is 934 g/mol. The summed E-state index contributed by atoms with van der Waals surface area (Å²) >= 11 is 0. The van der Waals surface area contributed by atoms with Gasteiger partial charge in [0.1, 0.15) is 0 Å². The van der Waals surface area contributed by atoms with E-state index >= 15 is 0 Å². The molecule has 0 N–H and O–H groups in total. The number of hydrogen-bond donors (Lipinski definition) is 0. The number of esters is 3. The fourth-order valence-electron chi connectivity index (χ4n) is 12.4. The molecule has 0 spiro atoms. The van der Waals surface area contributed by atoms with E-state index in [0.29, 0.717) is 45.0 Å². The van der Waals surface area contributed by atoms with Crippen LogP contribution in [0.1, 0.15) is 252 Å². The first-order chi connectivity index (χ1) is 32.7. The van der Waals surface area contributed by atoms with Gasteiger partial charge >= 0.3 is 17.9 Å². The van der Waals surface area contributed by atoms with Gasteiger partial charge in [-0.15, -0.1) is 0 Å². The fourth-order valence-corrected chi connectivity index (χ4v) is 12.4. The van der Waals surface area contributed by atoms with Gasteiger partial charge in [0.25, 0.3) is 0 Å². The van der Waals surface area contributed by atoms with Gasteiger partial charge in [0.2, 0.25) is 0 Å². The van der Waals surface area contributed by atoms with Crippen LogP contribution in [0.2, 0.25) is 0 Å². The molecule has 0 heterocycles. The lowest BCUT2D eigenvalue weighted by molar-refractivity contribution is -0.182. The molecule has 4 bridgehead atoms. The maximum atomic E-state index is 12.9. The Morgan fingerprint density at radius 2 is 0.761 bits per heavy atom. The Hall–Kier alpha value is -2.67. The van der Waals surface area contributed by atoms with E-state index in [1.807, 2.05) is 0 Å². The Morgan fingerprint density at radius 3 is 1.12 bits per heavy atom. The van der Waals surface area contributed by atoms with E-state index in [0.717, 1.165) is 116 Å². The lowest BCUT2D eigenvalue weighted by atomic mass is 9.38. The highest BCUT2D eigenvalue weighted by molar-refractivity contribution is 5.70. The summed E-state index contributed by atoms with van der Waals surface area (Å²) in [5, 5.41) is 0. The van der Waals surface area contributed by atoms with Gasteiger partial charge in [-0.3, -0.25) is 14.4 Å². The number of rotatable bonds is 43. The second-order valence-electron chi connectivity index (χ2n) is 21.5. The van der Waals surface area contributed by atoms with Crippen LogP contribution in [0.5, 0.6) is 0 Å². The monoisotopic (exact) mass is 934 g/mol. The van der Waals surface area contributed by atoms with Crippen LogP contribution >= 0.6 is 0 Å². The van der Waals surface area contributed by atoms with Gasteiger partial charge < -0.3 is 19.1 Å². The lowest BCUT2D eigenvalue weighted by Gasteiger charge is -2.67. The van der Waals surface area contributed by atoms with Crippen LogP contribution in [0.25, 0.3) is 0 Å². The molecule has 0 radical (unpaired) electrons. The Balaban J connectivity index is 1.39. The molecule has 0 aromatic rings. The summed E-state index contributed by atoms with van der Waals surface area (Å²) < 4.78 is 17.9. The molecule has 4 fully saturated rings. The summed E-state index contributed by atoms with van der Waals surface area (Å²) in [6.07, 6.45) is 56.2. The van der Waals surface area contributed by atoms with Crippen molar-refractivity contribution in [1.82, 2.24) is 4.90 Å². The molecule has 4 saturated carbocycles. The minimum Gasteiger partial charge on any atom is -0.466 e. The molecule has 2 atom stereocenters. The fraction of sp³-hybridized carbons (Fsp3) is 0.817. The molecule has 384 valence electrons. The van der Waals surface area contributed by atoms with E-state index in [1.54, 1.807) is 0 Å². The number of carbonyl (C=O) groups excluding carboxylic acids is 3. The van der Waals surface area contributed by atoms with Crippen molar-refractivity contribution in [3.63, 3.8) is 0 Å². The summed E-state index contributed by atoms with van der Waals surface area (Å²) in [5.41, 5.74) is 0.367. The van der Waals surface area contributed by atoms with Gasteiger partial charge in [-0.05, 0) is 183 Å². The molecule has 0 amide bonds. The number of nitrogens with zero attached hydrogens (tertiary/aromatic N) is 1. The largest absolute Gasteiger partial charge is 0.466 e. The van der Waals surface area contributed by atoms with Crippen LogP contribution in [0.15, 0.2) is 48.6 Å². The van der Waals surface area contributed by atoms with E-state index < -0.39 is 0 Å². The predicted molar refractivity (Wildman–Crippen MR) is 281 cm³/mol. The van der Waals surface area contributed by atoms with E-state index in [-0.39, 0.29) is 34.2 Å². The van der Waals surface area contributed by atoms with Gasteiger partial charge in [-0.25, -0.2) is 0 Å². The molecule has 0 saturated heterocycles. The Morgan fingerprint density at radius 1 is 0.433 bits per heavy atom. The quantitative estimate of drug-likeness (QED) is 0.0261. The van der Waals surface area contributed by atoms with Crippen LogP contribution < -0.4 is 0 Å². The molecule has 7 heteroatoms. The molecule has 0 aromatic carbocycles. The van der Waals surface area contributed by atoms with Crippen molar-refractivity contribution in [3.05, 3.63) is 48.6 Å². The van der Waals surface area contributed by atoms with Crippen molar-refractivity contribution >= 4 is 17.9 Å². The first kappa shape index (κ1) is 58.6. The van der Waals surface area contributed by atoms with Crippen LogP contribution in [0.4, 0.5) is 0 Å². The zero-order chi connectivity index (χ0) is 48.2. The highest BCUT2D eigenvalue weighted by Crippen LogP contribution is 2.72. The summed E-state index contributed by atoms with van der Waals surface area (Å²) in [6.45, 7) is 13.2. The number of ether oxygens (including phenoxy) is 3. The van der Waals surface area contributed by atoms with E-state index in [9.17, 15) is 14.4 Å². The van der Waals surface area contributed by atoms with Gasteiger partial charge in [-0.1, -0.05) is 141 Å². The molecule has 4 rings (SSSR count). The van der Waals surface area contributed by atoms with Crippen molar-refractivity contribution in [2.75, 3.05) is 39.5 Å². The van der Waals surface area contributed by atoms with Crippen molar-refractivity contribution in [1.29, 1.82) is 0 Å². The molecule has 67 heavy (non-hydrogen) atoms. The lowest BCUT2D eigenvalue weighted by Crippen LogP contribution is -2.57. The number of unbranched alkanes of at least 4 members (excludes halogenated alkanes) is 16. The number of allylic oxidation sites excluding steroid dienone is 8. The summed E-state index contributed by atoms with van der Waals surface area (Å²) in [7, 11) is 0. The molecule has 4 aliphatic carbocycles. The van der Waals surface area contributed by atoms with Gasteiger partial charge in [0, 0.05) is 19.3 Å². The van der Waals surface area contributed by atoms with Crippen LogP contribution in [0, 0.1) is 22.2 Å². The third-order valence-electron chi connectivity index (χ3n) is 15.5. The highest BCUT2D eigenvalue weighted by Gasteiger charge is 2.62. The van der Waals surface area contributed by atoms with Gasteiger partial charge in [-0.2, -0.15) is 0 Å². The second kappa shape index (κ2) is 36.3. The number of carbonyl (C=O) groups is 3. The van der Waals surface area contributed by atoms with E-state index in [4.69, 9.17) is 14.2 Å². The Bertz CT molecular complexity index is 1350. The molecule has 0 aliphatic heterocycles. The smallest absolute Gasteiger partial charge is 0.305 e. The van der Waals surface area contributed by atoms with Crippen LogP contribution in [0.3, 0.4) is 0 Å². The van der Waals surface area contributed by atoms with Crippen molar-refractivity contribution in [3.8, 4) is 0 Å². The first-order valence-corrected chi connectivity index (χ1v) is 28.5. The SMILES string of the molecule is CCCCC/C=C\C/C=C\CCCCCCCC(=O)OCCC12CC3CC(CCOC(=O)CCCCCCC/C=C\C/C=C\CCCCC)(C1)CC(CCOC(=O)CCCN(CC)CC)(C3)C2. The minimum absolute atomic E-state index is 0.0521. The van der Waals surface area contributed by atoms with Gasteiger partial charge in [0.05, 0.1) is 19.8 Å². The number of hydrogen-bond acceptors (Lipinski definition) is 7. The third kappa shape index (κ3) is 26.2. The third-order valence-corrected chi connectivity index (χ3v) is 15.5. The summed E-state index contributed by atoms with van der Waals surface area (Å²) in [5.74, 6) is 0.438. The summed E-state index contributed by atoms with van der Waals surface area (Å²) in [4.78, 5) is 41.0. The molecular formula is C60H103NO6. The maximum absolute atomic E-state index is 12.9. The van der Waals surface area contributed by atoms with Crippen molar-refractivity contribution in [2.45, 2.75) is 252 Å². The molecule has 4 aliphatic rings. The normalized spacial score (nSPS) is 22.4. The van der Waals surface area contributed by atoms with Crippen LogP contribution in [-0.2, 0) is 28.6 Å². The Labute approximate surface area is 412 Å². The average Bonchev–Trinajstić information content (AvgIpc) is 3.29. The first-order valence-electron chi connectivity index (χ1n) is 28.5. The summed E-state index contributed by atoms with van der Waals surface area (Å²) in [6, 6.07) is 0. The predicted octanol–water partition coefficient (Wildman–Crippen LogP) is 16.5. The molecule has 2 unspecified atom stereocenters. The highest BCUT2D eigenvalue weighted by atomic mass is 16.5. The van der Waals surface area contributed by atoms with Gasteiger partial charge in [0.15, 0.2) is 0 Å². The van der Waals surface area contributed by atoms with Crippen LogP contribution in [-0.4, -0.2) is 62.3 Å². The molecular weight excluding hydrogens is 831 g/mol. The Kier molecular flexibility index (Phi) is 31.8. The topological polar surface area (TPSA) is 82.1 Å². The van der Waals surface area contributed by atoms with E-state index in [2.05, 4.69) is 81.2 Å².